The maximum Gasteiger partial charge on any atom is 0.321 e. The average molecular weight is 329 g/mol. The molecular formula is C18H23N3O3. The van der Waals surface area contributed by atoms with E-state index in [0.717, 1.165) is 12.1 Å². The lowest BCUT2D eigenvalue weighted by Crippen LogP contribution is -2.37. The van der Waals surface area contributed by atoms with Crippen molar-refractivity contribution in [1.82, 2.24) is 9.88 Å². The zero-order valence-electron chi connectivity index (χ0n) is 13.8. The normalized spacial score (nSPS) is 10.2. The minimum absolute atomic E-state index is 0.0479. The first-order chi connectivity index (χ1) is 11.7. The number of aliphatic hydroxyl groups is 1. The maximum atomic E-state index is 12.2. The Bertz CT molecular complexity index is 611. The molecule has 0 saturated heterocycles. The zero-order chi connectivity index (χ0) is 17.2. The summed E-state index contributed by atoms with van der Waals surface area (Å²) in [6.45, 7) is 3.27. The molecule has 6 nitrogen and oxygen atoms in total. The fourth-order valence-corrected chi connectivity index (χ4v) is 2.18. The van der Waals surface area contributed by atoms with Crippen molar-refractivity contribution >= 4 is 11.7 Å². The second-order valence-corrected chi connectivity index (χ2v) is 5.27. The van der Waals surface area contributed by atoms with Crippen molar-refractivity contribution in [2.24, 2.45) is 0 Å². The summed E-state index contributed by atoms with van der Waals surface area (Å²) in [5, 5.41) is 11.8. The summed E-state index contributed by atoms with van der Waals surface area (Å²) in [5.41, 5.74) is 1.54. The van der Waals surface area contributed by atoms with Gasteiger partial charge in [-0.2, -0.15) is 0 Å². The van der Waals surface area contributed by atoms with E-state index in [1.54, 1.807) is 35.4 Å². The number of hydrogen-bond donors (Lipinski definition) is 2. The second-order valence-electron chi connectivity index (χ2n) is 5.27. The Balaban J connectivity index is 1.88. The Kier molecular flexibility index (Phi) is 7.04. The monoisotopic (exact) mass is 329 g/mol. The van der Waals surface area contributed by atoms with Gasteiger partial charge in [-0.05, 0) is 42.8 Å². The minimum atomic E-state index is -0.215. The molecule has 2 aromatic rings. The topological polar surface area (TPSA) is 74.7 Å². The van der Waals surface area contributed by atoms with Crippen LogP contribution in [0.1, 0.15) is 19.0 Å². The van der Waals surface area contributed by atoms with Gasteiger partial charge in [0.05, 0.1) is 12.3 Å². The molecule has 1 heterocycles. The van der Waals surface area contributed by atoms with Gasteiger partial charge in [0.1, 0.15) is 12.4 Å². The molecule has 0 aliphatic carbocycles. The first-order valence-corrected chi connectivity index (χ1v) is 8.02. The molecule has 0 fully saturated rings. The molecule has 0 radical (unpaired) electrons. The number of urea groups is 1. The van der Waals surface area contributed by atoms with E-state index in [2.05, 4.69) is 10.3 Å². The van der Waals surface area contributed by atoms with E-state index in [0.29, 0.717) is 31.1 Å². The van der Waals surface area contributed by atoms with Crippen LogP contribution in [0.15, 0.2) is 48.7 Å². The summed E-state index contributed by atoms with van der Waals surface area (Å²) >= 11 is 0. The van der Waals surface area contributed by atoms with Gasteiger partial charge in [-0.3, -0.25) is 4.98 Å². The molecule has 0 spiro atoms. The third-order valence-electron chi connectivity index (χ3n) is 3.37. The van der Waals surface area contributed by atoms with Crippen LogP contribution < -0.4 is 10.1 Å². The molecule has 24 heavy (non-hydrogen) atoms. The van der Waals surface area contributed by atoms with Crippen LogP contribution in [0.3, 0.4) is 0 Å². The molecule has 2 rings (SSSR count). The van der Waals surface area contributed by atoms with Gasteiger partial charge in [0.25, 0.3) is 0 Å². The van der Waals surface area contributed by atoms with Crippen molar-refractivity contribution in [2.45, 2.75) is 20.0 Å². The largest absolute Gasteiger partial charge is 0.487 e. The lowest BCUT2D eigenvalue weighted by molar-refractivity contribution is 0.188. The van der Waals surface area contributed by atoms with E-state index in [4.69, 9.17) is 9.84 Å². The average Bonchev–Trinajstić information content (AvgIpc) is 2.62. The van der Waals surface area contributed by atoms with Gasteiger partial charge >= 0.3 is 6.03 Å². The van der Waals surface area contributed by atoms with Gasteiger partial charge in [0, 0.05) is 25.0 Å². The standard InChI is InChI=1S/C18H23N3O3/c1-2-11-21(12-13-22)18(23)20-15-6-8-17(9-7-15)24-14-16-5-3-4-10-19-16/h3-10,22H,2,11-14H2,1H3,(H,20,23). The number of ether oxygens (including phenoxy) is 1. The number of amides is 2. The van der Waals surface area contributed by atoms with Crippen LogP contribution in [0, 0.1) is 0 Å². The molecule has 0 saturated carbocycles. The fraction of sp³-hybridized carbons (Fsp3) is 0.333. The predicted molar refractivity (Wildman–Crippen MR) is 93.0 cm³/mol. The van der Waals surface area contributed by atoms with Gasteiger partial charge in [-0.25, -0.2) is 4.79 Å². The van der Waals surface area contributed by atoms with Gasteiger partial charge in [0.2, 0.25) is 0 Å². The number of aliphatic hydroxyl groups excluding tert-OH is 1. The van der Waals surface area contributed by atoms with E-state index < -0.39 is 0 Å². The van der Waals surface area contributed by atoms with Gasteiger partial charge < -0.3 is 20.1 Å². The van der Waals surface area contributed by atoms with Crippen LogP contribution in [0.25, 0.3) is 0 Å². The molecule has 0 unspecified atom stereocenters. The smallest absolute Gasteiger partial charge is 0.321 e. The summed E-state index contributed by atoms with van der Waals surface area (Å²) in [7, 11) is 0. The van der Waals surface area contributed by atoms with Crippen LogP contribution in [0.5, 0.6) is 5.75 Å². The third kappa shape index (κ3) is 5.55. The number of carbonyl (C=O) groups is 1. The number of pyridine rings is 1. The molecule has 6 heteroatoms. The summed E-state index contributed by atoms with van der Waals surface area (Å²) < 4.78 is 5.66. The lowest BCUT2D eigenvalue weighted by atomic mass is 10.3. The van der Waals surface area contributed by atoms with Crippen LogP contribution in [0.2, 0.25) is 0 Å². The van der Waals surface area contributed by atoms with Crippen molar-refractivity contribution < 1.29 is 14.6 Å². The predicted octanol–water partition coefficient (Wildman–Crippen LogP) is 2.90. The quantitative estimate of drug-likeness (QED) is 0.781. The number of carbonyl (C=O) groups excluding carboxylic acids is 1. The molecule has 128 valence electrons. The van der Waals surface area contributed by atoms with E-state index in [1.165, 1.54) is 0 Å². The van der Waals surface area contributed by atoms with Crippen molar-refractivity contribution in [3.63, 3.8) is 0 Å². The molecular weight excluding hydrogens is 306 g/mol. The molecule has 0 aliphatic heterocycles. The highest BCUT2D eigenvalue weighted by atomic mass is 16.5. The van der Waals surface area contributed by atoms with Gasteiger partial charge in [-0.15, -0.1) is 0 Å². The maximum absolute atomic E-state index is 12.2. The third-order valence-corrected chi connectivity index (χ3v) is 3.37. The highest BCUT2D eigenvalue weighted by Gasteiger charge is 2.11. The highest BCUT2D eigenvalue weighted by molar-refractivity contribution is 5.89. The Morgan fingerprint density at radius 3 is 2.62 bits per heavy atom. The van der Waals surface area contributed by atoms with Crippen molar-refractivity contribution in [2.75, 3.05) is 25.0 Å². The van der Waals surface area contributed by atoms with Crippen molar-refractivity contribution in [3.05, 3.63) is 54.4 Å². The van der Waals surface area contributed by atoms with E-state index in [-0.39, 0.29) is 12.6 Å². The summed E-state index contributed by atoms with van der Waals surface area (Å²) in [6, 6.07) is 12.6. The molecule has 2 amide bonds. The molecule has 0 aliphatic rings. The van der Waals surface area contributed by atoms with Crippen molar-refractivity contribution in [1.29, 1.82) is 0 Å². The Morgan fingerprint density at radius 2 is 2.00 bits per heavy atom. The fourth-order valence-electron chi connectivity index (χ4n) is 2.18. The number of benzene rings is 1. The molecule has 0 bridgehead atoms. The molecule has 1 aromatic heterocycles. The first-order valence-electron chi connectivity index (χ1n) is 8.02. The minimum Gasteiger partial charge on any atom is -0.487 e. The SMILES string of the molecule is CCCN(CCO)C(=O)Nc1ccc(OCc2ccccn2)cc1. The number of nitrogens with zero attached hydrogens (tertiary/aromatic N) is 2. The van der Waals surface area contributed by atoms with Crippen LogP contribution in [-0.2, 0) is 6.61 Å². The van der Waals surface area contributed by atoms with Gasteiger partial charge in [0.15, 0.2) is 0 Å². The Hall–Kier alpha value is -2.60. The summed E-state index contributed by atoms with van der Waals surface area (Å²) in [6.07, 6.45) is 2.57. The number of nitrogens with one attached hydrogen (secondary N) is 1. The Labute approximate surface area is 142 Å². The first kappa shape index (κ1) is 17.7. The zero-order valence-corrected chi connectivity index (χ0v) is 13.8. The molecule has 2 N–H and O–H groups in total. The summed E-state index contributed by atoms with van der Waals surface area (Å²) in [4.78, 5) is 17.9. The molecule has 0 atom stereocenters. The molecule has 1 aromatic carbocycles. The Morgan fingerprint density at radius 1 is 1.21 bits per heavy atom. The van der Waals surface area contributed by atoms with E-state index in [9.17, 15) is 4.79 Å². The summed E-state index contributed by atoms with van der Waals surface area (Å²) in [5.74, 6) is 0.708. The lowest BCUT2D eigenvalue weighted by Gasteiger charge is -2.21. The number of aromatic nitrogens is 1. The van der Waals surface area contributed by atoms with Crippen molar-refractivity contribution in [3.8, 4) is 5.75 Å². The number of anilines is 1. The van der Waals surface area contributed by atoms with Crippen LogP contribution in [-0.4, -0.2) is 40.7 Å². The van der Waals surface area contributed by atoms with Crippen LogP contribution in [0.4, 0.5) is 10.5 Å². The van der Waals surface area contributed by atoms with E-state index in [1.807, 2.05) is 25.1 Å². The van der Waals surface area contributed by atoms with Gasteiger partial charge in [-0.1, -0.05) is 13.0 Å². The highest BCUT2D eigenvalue weighted by Crippen LogP contribution is 2.17. The number of rotatable bonds is 8. The second kappa shape index (κ2) is 9.52. The van der Waals surface area contributed by atoms with E-state index >= 15 is 0 Å². The number of hydrogen-bond acceptors (Lipinski definition) is 4. The van der Waals surface area contributed by atoms with Crippen LogP contribution >= 0.6 is 0 Å².